The molecule has 0 saturated carbocycles. The molecule has 4 aromatic rings. The maximum Gasteiger partial charge on any atom is 0.573 e. The first-order valence-electron chi connectivity index (χ1n) is 12.4. The predicted molar refractivity (Wildman–Crippen MR) is 153 cm³/mol. The smallest absolute Gasteiger partial charge is 0.406 e. The van der Waals surface area contributed by atoms with Crippen molar-refractivity contribution in [1.82, 2.24) is 20.2 Å². The van der Waals surface area contributed by atoms with Gasteiger partial charge in [0, 0.05) is 5.56 Å². The average molecular weight is 605 g/mol. The van der Waals surface area contributed by atoms with E-state index in [1.807, 2.05) is 6.92 Å². The Morgan fingerprint density at radius 3 is 2.58 bits per heavy atom. The minimum atomic E-state index is -4.77. The number of nitrogens with one attached hydrogen (secondary N) is 1. The van der Waals surface area contributed by atoms with Gasteiger partial charge in [-0.25, -0.2) is 19.9 Å². The monoisotopic (exact) mass is 604 g/mol. The number of aliphatic imine (C=N–C) groups is 1. The van der Waals surface area contributed by atoms with E-state index in [9.17, 15) is 28.0 Å². The van der Waals surface area contributed by atoms with E-state index in [1.54, 1.807) is 42.5 Å². The van der Waals surface area contributed by atoms with Gasteiger partial charge in [-0.15, -0.1) is 18.3 Å². The van der Waals surface area contributed by atoms with Gasteiger partial charge in [-0.2, -0.15) is 15.4 Å². The van der Waals surface area contributed by atoms with Gasteiger partial charge in [-0.3, -0.25) is 9.69 Å². The van der Waals surface area contributed by atoms with E-state index >= 15 is 0 Å². The molecule has 43 heavy (non-hydrogen) atoms. The summed E-state index contributed by atoms with van der Waals surface area (Å²) in [5, 5.41) is 17.9. The summed E-state index contributed by atoms with van der Waals surface area (Å²) >= 11 is 1.08. The summed E-state index contributed by atoms with van der Waals surface area (Å²) < 4.78 is 42.4. The second kappa shape index (κ2) is 12.2. The van der Waals surface area contributed by atoms with Crippen molar-refractivity contribution < 1.29 is 27.5 Å². The average Bonchev–Trinajstić information content (AvgIpc) is 3.60. The summed E-state index contributed by atoms with van der Waals surface area (Å²) in [6, 6.07) is 18.4. The third kappa shape index (κ3) is 7.05. The Morgan fingerprint density at radius 1 is 1.14 bits per heavy atom. The van der Waals surface area contributed by atoms with Crippen molar-refractivity contribution in [3.8, 4) is 28.9 Å². The molecule has 216 valence electrons. The van der Waals surface area contributed by atoms with Crippen molar-refractivity contribution in [3.63, 3.8) is 0 Å². The number of nitriles is 1. The zero-order chi connectivity index (χ0) is 30.6. The summed E-state index contributed by atoms with van der Waals surface area (Å²) in [5.74, 6) is -0.181. The quantitative estimate of drug-likeness (QED) is 0.236. The van der Waals surface area contributed by atoms with Crippen LogP contribution in [0.2, 0.25) is 0 Å². The standard InChI is InChI=1S/C28H19F3N8O3S/c1-17-2-5-20(13-32)23(12-17)39-24(40)15-43-27(39)35-26(41)36-34-14-18-3-6-19(7-4-18)25-33-16-38(37-25)21-8-10-22(11-9-21)42-28(29,30)31/h2-12,14,16H,15H2,1H3,(H,36,41)/b34-14+,35-27?. The molecule has 0 atom stereocenters. The number of thioether (sulfide) groups is 1. The number of aryl methyl sites for hydroxylation is 1. The number of benzene rings is 3. The van der Waals surface area contributed by atoms with Gasteiger partial charge in [0.15, 0.2) is 11.0 Å². The molecular weight excluding hydrogens is 585 g/mol. The number of hydrogen-bond donors (Lipinski definition) is 1. The van der Waals surface area contributed by atoms with Crippen LogP contribution in [0.5, 0.6) is 5.75 Å². The van der Waals surface area contributed by atoms with Gasteiger partial charge in [0.1, 0.15) is 18.1 Å². The van der Waals surface area contributed by atoms with Crippen molar-refractivity contribution in [3.05, 3.63) is 89.7 Å². The highest BCUT2D eigenvalue weighted by atomic mass is 32.2. The number of hydrogen-bond acceptors (Lipinski definition) is 8. The number of halogens is 3. The molecule has 0 spiro atoms. The third-order valence-corrected chi connectivity index (χ3v) is 6.77. The van der Waals surface area contributed by atoms with Crippen molar-refractivity contribution in [2.45, 2.75) is 13.3 Å². The molecule has 0 radical (unpaired) electrons. The third-order valence-electron chi connectivity index (χ3n) is 5.85. The molecule has 3 amide bonds. The van der Waals surface area contributed by atoms with Crippen LogP contribution < -0.4 is 15.1 Å². The molecule has 15 heteroatoms. The van der Waals surface area contributed by atoms with E-state index in [-0.39, 0.29) is 28.1 Å². The highest BCUT2D eigenvalue weighted by molar-refractivity contribution is 8.15. The number of rotatable bonds is 6. The first kappa shape index (κ1) is 29.0. The fourth-order valence-electron chi connectivity index (χ4n) is 3.92. The minimum absolute atomic E-state index is 0.0802. The first-order valence-corrected chi connectivity index (χ1v) is 13.3. The molecular formula is C28H19F3N8O3S. The number of hydrazone groups is 1. The highest BCUT2D eigenvalue weighted by Gasteiger charge is 2.32. The van der Waals surface area contributed by atoms with Gasteiger partial charge in [0.2, 0.25) is 5.91 Å². The van der Waals surface area contributed by atoms with Crippen LogP contribution >= 0.6 is 11.8 Å². The molecule has 1 aliphatic heterocycles. The van der Waals surface area contributed by atoms with E-state index in [1.165, 1.54) is 46.4 Å². The molecule has 1 saturated heterocycles. The number of alkyl halides is 3. The lowest BCUT2D eigenvalue weighted by atomic mass is 10.1. The Kier molecular flexibility index (Phi) is 8.21. The Labute approximate surface area is 246 Å². The lowest BCUT2D eigenvalue weighted by Gasteiger charge is -2.17. The summed E-state index contributed by atoms with van der Waals surface area (Å²) in [6.07, 6.45) is -1.95. The van der Waals surface area contributed by atoms with Gasteiger partial charge in [-0.1, -0.05) is 42.1 Å². The molecule has 0 aliphatic carbocycles. The fourth-order valence-corrected chi connectivity index (χ4v) is 4.77. The highest BCUT2D eigenvalue weighted by Crippen LogP contribution is 2.30. The largest absolute Gasteiger partial charge is 0.573 e. The predicted octanol–water partition coefficient (Wildman–Crippen LogP) is 5.19. The zero-order valence-corrected chi connectivity index (χ0v) is 22.9. The minimum Gasteiger partial charge on any atom is -0.406 e. The number of carbonyl (C=O) groups excluding carboxylic acids is 2. The van der Waals surface area contributed by atoms with E-state index in [4.69, 9.17) is 0 Å². The summed E-state index contributed by atoms with van der Waals surface area (Å²) in [6.45, 7) is 1.83. The summed E-state index contributed by atoms with van der Waals surface area (Å²) in [4.78, 5) is 34.4. The molecule has 1 aromatic heterocycles. The van der Waals surface area contributed by atoms with Crippen LogP contribution in [0.3, 0.4) is 0 Å². The van der Waals surface area contributed by atoms with Gasteiger partial charge in [0.25, 0.3) is 0 Å². The number of amidine groups is 1. The second-order valence-corrected chi connectivity index (χ2v) is 9.84. The zero-order valence-electron chi connectivity index (χ0n) is 22.1. The van der Waals surface area contributed by atoms with Gasteiger partial charge in [0.05, 0.1) is 28.9 Å². The van der Waals surface area contributed by atoms with Gasteiger partial charge < -0.3 is 4.74 Å². The van der Waals surface area contributed by atoms with Gasteiger partial charge >= 0.3 is 12.4 Å². The molecule has 5 rings (SSSR count). The molecule has 1 fully saturated rings. The van der Waals surface area contributed by atoms with Crippen LogP contribution in [-0.4, -0.2) is 50.2 Å². The van der Waals surface area contributed by atoms with E-state index in [0.29, 0.717) is 28.3 Å². The Hall–Kier alpha value is -5.49. The molecule has 0 unspecified atom stereocenters. The number of urea groups is 1. The molecule has 3 aromatic carbocycles. The molecule has 1 N–H and O–H groups in total. The number of ether oxygens (including phenoxy) is 1. The fraction of sp³-hybridized carbons (Fsp3) is 0.107. The number of anilines is 1. The lowest BCUT2D eigenvalue weighted by molar-refractivity contribution is -0.274. The summed E-state index contributed by atoms with van der Waals surface area (Å²) in [5.41, 5.74) is 5.58. The van der Waals surface area contributed by atoms with Crippen LogP contribution in [0.1, 0.15) is 16.7 Å². The van der Waals surface area contributed by atoms with Crippen LogP contribution in [0.15, 0.2) is 83.2 Å². The molecule has 11 nitrogen and oxygen atoms in total. The van der Waals surface area contributed by atoms with Crippen LogP contribution in [0.25, 0.3) is 17.1 Å². The first-order chi connectivity index (χ1) is 20.6. The molecule has 0 bridgehead atoms. The second-order valence-electron chi connectivity index (χ2n) is 8.90. The topological polar surface area (TPSA) is 138 Å². The van der Waals surface area contributed by atoms with Crippen molar-refractivity contribution in [2.75, 3.05) is 10.7 Å². The normalized spacial score (nSPS) is 14.3. The van der Waals surface area contributed by atoms with Gasteiger partial charge in [-0.05, 0) is 54.4 Å². The van der Waals surface area contributed by atoms with Crippen LogP contribution in [0.4, 0.5) is 23.7 Å². The SMILES string of the molecule is Cc1ccc(C#N)c(N2C(=O)CSC2=NC(=O)N/N=C/c2ccc(-c3ncn(-c4ccc(OC(F)(F)F)cc4)n3)cc2)c1. The Morgan fingerprint density at radius 2 is 1.88 bits per heavy atom. The number of amides is 3. The van der Waals surface area contributed by atoms with Crippen LogP contribution in [0, 0.1) is 18.3 Å². The maximum atomic E-state index is 12.5. The Bertz CT molecular complexity index is 1780. The Balaban J connectivity index is 1.21. The summed E-state index contributed by atoms with van der Waals surface area (Å²) in [7, 11) is 0. The maximum absolute atomic E-state index is 12.5. The van der Waals surface area contributed by atoms with E-state index in [0.717, 1.165) is 17.3 Å². The van der Waals surface area contributed by atoms with Crippen molar-refractivity contribution >= 4 is 40.8 Å². The number of carbonyl (C=O) groups is 2. The van der Waals surface area contributed by atoms with Crippen LogP contribution in [-0.2, 0) is 4.79 Å². The van der Waals surface area contributed by atoms with Crippen molar-refractivity contribution in [1.29, 1.82) is 5.26 Å². The van der Waals surface area contributed by atoms with E-state index < -0.39 is 12.4 Å². The molecule has 2 heterocycles. The number of nitrogens with zero attached hydrogens (tertiary/aromatic N) is 7. The number of aromatic nitrogens is 3. The van der Waals surface area contributed by atoms with E-state index in [2.05, 4.69) is 36.4 Å². The molecule has 1 aliphatic rings. The van der Waals surface area contributed by atoms with Crippen molar-refractivity contribution in [2.24, 2.45) is 10.1 Å². The lowest BCUT2D eigenvalue weighted by Crippen LogP contribution is -2.31.